The topological polar surface area (TPSA) is 82.3 Å². The first-order valence-corrected chi connectivity index (χ1v) is 12.3. The van der Waals surface area contributed by atoms with Crippen LogP contribution in [0.25, 0.3) is 15.9 Å². The number of anilines is 1. The molecule has 4 aromatic rings. The highest BCUT2D eigenvalue weighted by Crippen LogP contribution is 2.34. The molecule has 34 heavy (non-hydrogen) atoms. The van der Waals surface area contributed by atoms with Crippen molar-refractivity contribution in [2.45, 2.75) is 39.2 Å². The third kappa shape index (κ3) is 4.05. The molecule has 0 spiro atoms. The van der Waals surface area contributed by atoms with Gasteiger partial charge >= 0.3 is 5.69 Å². The molecule has 0 bridgehead atoms. The zero-order valence-electron chi connectivity index (χ0n) is 18.9. The molecule has 0 radical (unpaired) electrons. The van der Waals surface area contributed by atoms with Gasteiger partial charge in [0.2, 0.25) is 5.91 Å². The van der Waals surface area contributed by atoms with Crippen LogP contribution in [-0.2, 0) is 24.2 Å². The number of benzene rings is 2. The van der Waals surface area contributed by atoms with Gasteiger partial charge in [-0.05, 0) is 74.6 Å². The molecule has 5 rings (SSSR count). The van der Waals surface area contributed by atoms with Crippen LogP contribution in [-0.4, -0.2) is 21.6 Å². The fourth-order valence-electron chi connectivity index (χ4n) is 4.46. The summed E-state index contributed by atoms with van der Waals surface area (Å²) >= 11 is 1.47. The highest BCUT2D eigenvalue weighted by molar-refractivity contribution is 7.18. The fourth-order valence-corrected chi connectivity index (χ4v) is 5.83. The maximum Gasteiger partial charge on any atom is 0.337 e. The predicted molar refractivity (Wildman–Crippen MR) is 135 cm³/mol. The highest BCUT2D eigenvalue weighted by atomic mass is 32.1. The summed E-state index contributed by atoms with van der Waals surface area (Å²) in [6, 6.07) is 16.0. The number of fused-ring (bicyclic) bond motifs is 3. The van der Waals surface area contributed by atoms with Crippen molar-refractivity contribution in [3.05, 3.63) is 85.9 Å². The van der Waals surface area contributed by atoms with Gasteiger partial charge in [-0.2, -0.15) is 0 Å². The van der Waals surface area contributed by atoms with E-state index in [1.807, 2.05) is 25.1 Å². The Bertz CT molecular complexity index is 1470. The number of aromatic nitrogens is 2. The van der Waals surface area contributed by atoms with Gasteiger partial charge in [0, 0.05) is 10.6 Å². The third-order valence-electron chi connectivity index (χ3n) is 6.00. The Morgan fingerprint density at radius 3 is 2.50 bits per heavy atom. The Kier molecular flexibility index (Phi) is 6.06. The fraction of sp³-hybridized carbons (Fsp3) is 0.269. The van der Waals surface area contributed by atoms with Gasteiger partial charge in [-0.1, -0.05) is 18.2 Å². The third-order valence-corrected chi connectivity index (χ3v) is 7.32. The van der Waals surface area contributed by atoms with E-state index in [0.29, 0.717) is 33.9 Å². The van der Waals surface area contributed by atoms with Crippen LogP contribution in [0.4, 0.5) is 5.69 Å². The van der Waals surface area contributed by atoms with Crippen molar-refractivity contribution in [2.75, 3.05) is 11.9 Å². The number of rotatable bonds is 6. The number of carbonyl (C=O) groups is 1. The molecule has 2 aromatic carbocycles. The van der Waals surface area contributed by atoms with Gasteiger partial charge in [-0.3, -0.25) is 14.2 Å². The number of nitrogens with zero attached hydrogens (tertiary/aromatic N) is 2. The lowest BCUT2D eigenvalue weighted by molar-refractivity contribution is -0.116. The number of hydrogen-bond acceptors (Lipinski definition) is 5. The first kappa shape index (κ1) is 22.2. The summed E-state index contributed by atoms with van der Waals surface area (Å²) in [5, 5.41) is 3.40. The van der Waals surface area contributed by atoms with Gasteiger partial charge < -0.3 is 10.1 Å². The van der Waals surface area contributed by atoms with Crippen molar-refractivity contribution in [2.24, 2.45) is 0 Å². The van der Waals surface area contributed by atoms with Crippen molar-refractivity contribution in [1.82, 2.24) is 9.13 Å². The predicted octanol–water partition coefficient (Wildman–Crippen LogP) is 4.13. The number of amides is 1. The smallest absolute Gasteiger partial charge is 0.337 e. The van der Waals surface area contributed by atoms with Gasteiger partial charge in [-0.15, -0.1) is 11.3 Å². The Morgan fingerprint density at radius 1 is 1.03 bits per heavy atom. The summed E-state index contributed by atoms with van der Waals surface area (Å²) in [5.41, 5.74) is 1.27. The molecule has 0 fully saturated rings. The molecule has 1 N–H and O–H groups in total. The number of para-hydroxylation sites is 1. The van der Waals surface area contributed by atoms with Gasteiger partial charge in [0.1, 0.15) is 17.1 Å². The summed E-state index contributed by atoms with van der Waals surface area (Å²) in [6.45, 7) is 2.24. The molecule has 0 atom stereocenters. The Balaban J connectivity index is 1.66. The van der Waals surface area contributed by atoms with E-state index < -0.39 is 5.69 Å². The normalized spacial score (nSPS) is 13.0. The zero-order chi connectivity index (χ0) is 23.7. The molecule has 1 aliphatic rings. The lowest BCUT2D eigenvalue weighted by Crippen LogP contribution is -2.40. The van der Waals surface area contributed by atoms with Crippen LogP contribution >= 0.6 is 11.3 Å². The number of thiophene rings is 1. The van der Waals surface area contributed by atoms with E-state index in [4.69, 9.17) is 4.74 Å². The van der Waals surface area contributed by atoms with Gasteiger partial charge in [0.25, 0.3) is 5.56 Å². The van der Waals surface area contributed by atoms with Gasteiger partial charge in [0.05, 0.1) is 17.7 Å². The summed E-state index contributed by atoms with van der Waals surface area (Å²) < 4.78 is 8.12. The molecule has 0 saturated heterocycles. The van der Waals surface area contributed by atoms with Crippen LogP contribution in [0.1, 0.15) is 30.2 Å². The van der Waals surface area contributed by atoms with Crippen molar-refractivity contribution in [1.29, 1.82) is 0 Å². The van der Waals surface area contributed by atoms with Crippen LogP contribution in [0.3, 0.4) is 0 Å². The summed E-state index contributed by atoms with van der Waals surface area (Å²) in [5.74, 6) is 0.341. The Labute approximate surface area is 200 Å². The van der Waals surface area contributed by atoms with E-state index in [1.165, 1.54) is 20.5 Å². The number of carbonyl (C=O) groups excluding carboxylic acids is 1. The number of nitrogens with one attached hydrogen (secondary N) is 1. The second-order valence-corrected chi connectivity index (χ2v) is 9.33. The molecular weight excluding hydrogens is 450 g/mol. The Morgan fingerprint density at radius 2 is 1.76 bits per heavy atom. The lowest BCUT2D eigenvalue weighted by Gasteiger charge is -2.14. The van der Waals surface area contributed by atoms with Crippen molar-refractivity contribution in [3.63, 3.8) is 0 Å². The highest BCUT2D eigenvalue weighted by Gasteiger charge is 2.25. The van der Waals surface area contributed by atoms with Gasteiger partial charge in [0.15, 0.2) is 0 Å². The monoisotopic (exact) mass is 475 g/mol. The van der Waals surface area contributed by atoms with Crippen LogP contribution < -0.4 is 21.3 Å². The van der Waals surface area contributed by atoms with Crippen LogP contribution in [0.5, 0.6) is 5.75 Å². The summed E-state index contributed by atoms with van der Waals surface area (Å²) in [7, 11) is 0. The van der Waals surface area contributed by atoms with E-state index in [9.17, 15) is 14.4 Å². The minimum atomic E-state index is -0.525. The molecule has 0 unspecified atom stereocenters. The van der Waals surface area contributed by atoms with Crippen LogP contribution in [0.2, 0.25) is 0 Å². The molecule has 174 valence electrons. The second-order valence-electron chi connectivity index (χ2n) is 8.24. The second kappa shape index (κ2) is 9.30. The molecule has 0 aliphatic heterocycles. The molecule has 2 heterocycles. The average molecular weight is 476 g/mol. The maximum absolute atomic E-state index is 13.6. The van der Waals surface area contributed by atoms with Crippen molar-refractivity contribution < 1.29 is 9.53 Å². The molecule has 1 amide bonds. The quantitative estimate of drug-likeness (QED) is 0.455. The zero-order valence-corrected chi connectivity index (χ0v) is 19.7. The summed E-state index contributed by atoms with van der Waals surface area (Å²) in [4.78, 5) is 41.9. The van der Waals surface area contributed by atoms with Crippen LogP contribution in [0.15, 0.2) is 64.2 Å². The average Bonchev–Trinajstić information content (AvgIpc) is 3.23. The largest absolute Gasteiger partial charge is 0.494 e. The van der Waals surface area contributed by atoms with Gasteiger partial charge in [-0.25, -0.2) is 9.36 Å². The maximum atomic E-state index is 13.6. The van der Waals surface area contributed by atoms with Crippen LogP contribution in [0, 0.1) is 0 Å². The minimum Gasteiger partial charge on any atom is -0.494 e. The summed E-state index contributed by atoms with van der Waals surface area (Å²) in [6.07, 6.45) is 3.77. The molecule has 1 aliphatic carbocycles. The Hall–Kier alpha value is -3.65. The molecule has 8 heteroatoms. The number of aryl methyl sites for hydroxylation is 2. The standard InChI is InChI=1S/C26H25N3O4S/c1-2-33-19-14-12-18(13-15-19)29-24(31)23-20-10-6-7-11-21(20)34-25(23)28(26(29)32)16-22(30)27-17-8-4-3-5-9-17/h3-5,8-9,12-15H,2,6-7,10-11,16H2,1H3,(H,27,30). The molecular formula is C26H25N3O4S. The first-order valence-electron chi connectivity index (χ1n) is 11.4. The first-order chi connectivity index (χ1) is 16.6. The van der Waals surface area contributed by atoms with Crippen molar-refractivity contribution >= 4 is 33.1 Å². The molecule has 7 nitrogen and oxygen atoms in total. The lowest BCUT2D eigenvalue weighted by atomic mass is 9.97. The molecule has 2 aromatic heterocycles. The van der Waals surface area contributed by atoms with E-state index in [0.717, 1.165) is 36.1 Å². The minimum absolute atomic E-state index is 0.180. The van der Waals surface area contributed by atoms with E-state index in [-0.39, 0.29) is 18.0 Å². The number of hydrogen-bond donors (Lipinski definition) is 1. The van der Waals surface area contributed by atoms with E-state index in [1.54, 1.807) is 36.4 Å². The number of ether oxygens (including phenoxy) is 1. The van der Waals surface area contributed by atoms with E-state index in [2.05, 4.69) is 5.32 Å². The van der Waals surface area contributed by atoms with E-state index >= 15 is 0 Å². The SMILES string of the molecule is CCOc1ccc(-n2c(=O)c3c4c(sc3n(CC(=O)Nc3ccccc3)c2=O)CCCC4)cc1. The molecule has 0 saturated carbocycles. The van der Waals surface area contributed by atoms with Crippen molar-refractivity contribution in [3.8, 4) is 11.4 Å².